The smallest absolute Gasteiger partial charge is 0.314 e. The van der Waals surface area contributed by atoms with Gasteiger partial charge in [0, 0.05) is 5.92 Å². The number of rotatable bonds is 4. The largest absolute Gasteiger partial charge is 0.493 e. The number of ether oxygens (including phenoxy) is 2. The Labute approximate surface area is 118 Å². The second-order valence-corrected chi connectivity index (χ2v) is 5.63. The summed E-state index contributed by atoms with van der Waals surface area (Å²) < 4.78 is 10.3. The Morgan fingerprint density at radius 3 is 2.25 bits per heavy atom. The molecule has 0 aromatic heterocycles. The molecule has 1 heterocycles. The van der Waals surface area contributed by atoms with Crippen LogP contribution in [-0.4, -0.2) is 18.5 Å². The maximum Gasteiger partial charge on any atom is 0.314 e. The van der Waals surface area contributed by atoms with Gasteiger partial charge < -0.3 is 9.47 Å². The minimum Gasteiger partial charge on any atom is -0.493 e. The van der Waals surface area contributed by atoms with E-state index in [-0.39, 0.29) is 18.8 Å². The van der Waals surface area contributed by atoms with Crippen LogP contribution in [0.15, 0.2) is 24.3 Å². The molecule has 106 valence electrons. The van der Waals surface area contributed by atoms with Gasteiger partial charge in [0.1, 0.15) is 5.75 Å². The summed E-state index contributed by atoms with van der Waals surface area (Å²) in [6.45, 7) is 0.785. The summed E-state index contributed by atoms with van der Waals surface area (Å²) >= 11 is 0. The summed E-state index contributed by atoms with van der Waals surface area (Å²) in [7, 11) is 0. The van der Waals surface area contributed by atoms with Gasteiger partial charge in [-0.15, -0.1) is 0 Å². The average molecular weight is 274 g/mol. The third kappa shape index (κ3) is 3.00. The fraction of sp³-hybridized carbons (Fsp3) is 0.500. The van der Waals surface area contributed by atoms with Crippen LogP contribution in [0.25, 0.3) is 0 Å². The minimum absolute atomic E-state index is 0.0653. The molecule has 1 saturated heterocycles. The highest BCUT2D eigenvalue weighted by Crippen LogP contribution is 2.30. The number of hydrogen-bond donors (Lipinski definition) is 0. The lowest BCUT2D eigenvalue weighted by atomic mass is 9.86. The summed E-state index contributed by atoms with van der Waals surface area (Å²) in [6, 6.07) is 7.70. The van der Waals surface area contributed by atoms with Gasteiger partial charge in [-0.3, -0.25) is 9.59 Å². The van der Waals surface area contributed by atoms with Crippen molar-refractivity contribution in [1.29, 1.82) is 0 Å². The van der Waals surface area contributed by atoms with Crippen LogP contribution in [0.4, 0.5) is 0 Å². The molecular formula is C16H18O4. The highest BCUT2D eigenvalue weighted by molar-refractivity contribution is 5.89. The van der Waals surface area contributed by atoms with Gasteiger partial charge in [0.15, 0.2) is 0 Å². The van der Waals surface area contributed by atoms with Gasteiger partial charge in [-0.05, 0) is 36.5 Å². The van der Waals surface area contributed by atoms with Gasteiger partial charge >= 0.3 is 11.9 Å². The lowest BCUT2D eigenvalue weighted by Gasteiger charge is -2.25. The van der Waals surface area contributed by atoms with E-state index in [1.54, 1.807) is 0 Å². The third-order valence-corrected chi connectivity index (χ3v) is 4.12. The van der Waals surface area contributed by atoms with Crippen molar-refractivity contribution in [3.05, 3.63) is 29.8 Å². The minimum atomic E-state index is -0.434. The molecule has 1 aliphatic heterocycles. The van der Waals surface area contributed by atoms with Crippen molar-refractivity contribution in [2.75, 3.05) is 6.61 Å². The molecule has 4 heteroatoms. The molecule has 0 radical (unpaired) electrons. The number of hydrogen-bond acceptors (Lipinski definition) is 4. The molecule has 3 rings (SSSR count). The first-order chi connectivity index (χ1) is 9.70. The fourth-order valence-electron chi connectivity index (χ4n) is 2.63. The molecular weight excluding hydrogens is 256 g/mol. The van der Waals surface area contributed by atoms with E-state index in [2.05, 4.69) is 4.74 Å². The summed E-state index contributed by atoms with van der Waals surface area (Å²) in [5.74, 6) is 0.628. The van der Waals surface area contributed by atoms with Crippen molar-refractivity contribution in [2.24, 2.45) is 5.92 Å². The predicted molar refractivity (Wildman–Crippen MR) is 72.4 cm³/mol. The van der Waals surface area contributed by atoms with Crippen molar-refractivity contribution in [1.82, 2.24) is 0 Å². The van der Waals surface area contributed by atoms with Gasteiger partial charge in [0.25, 0.3) is 0 Å². The fourth-order valence-corrected chi connectivity index (χ4v) is 2.63. The van der Waals surface area contributed by atoms with E-state index in [9.17, 15) is 9.59 Å². The Bertz CT molecular complexity index is 486. The molecule has 0 bridgehead atoms. The summed E-state index contributed by atoms with van der Waals surface area (Å²) in [6.07, 6.45) is 4.40. The standard InChI is InChI=1S/C16H18O4/c17-15-8-13(9-16(18)20-15)12-4-6-14(7-5-12)19-10-11-2-1-3-11/h4-7,11,13H,1-3,8-10H2. The number of carbonyl (C=O) groups is 2. The van der Waals surface area contributed by atoms with Crippen LogP contribution in [0.1, 0.15) is 43.6 Å². The zero-order valence-corrected chi connectivity index (χ0v) is 11.3. The maximum atomic E-state index is 11.3. The van der Waals surface area contributed by atoms with E-state index < -0.39 is 11.9 Å². The molecule has 0 amide bonds. The topological polar surface area (TPSA) is 52.6 Å². The zero-order chi connectivity index (χ0) is 13.9. The van der Waals surface area contributed by atoms with E-state index in [4.69, 9.17) is 4.74 Å². The normalized spacial score (nSPS) is 20.4. The van der Waals surface area contributed by atoms with Gasteiger partial charge in [0.2, 0.25) is 0 Å². The van der Waals surface area contributed by atoms with E-state index in [0.29, 0.717) is 5.92 Å². The first kappa shape index (κ1) is 13.2. The monoisotopic (exact) mass is 274 g/mol. The lowest BCUT2D eigenvalue weighted by Crippen LogP contribution is -2.24. The number of carbonyl (C=O) groups excluding carboxylic acids is 2. The van der Waals surface area contributed by atoms with Gasteiger partial charge in [-0.2, -0.15) is 0 Å². The molecule has 1 saturated carbocycles. The molecule has 20 heavy (non-hydrogen) atoms. The van der Waals surface area contributed by atoms with Crippen LogP contribution in [0.2, 0.25) is 0 Å². The Morgan fingerprint density at radius 2 is 1.70 bits per heavy atom. The highest BCUT2D eigenvalue weighted by atomic mass is 16.6. The molecule has 0 unspecified atom stereocenters. The second-order valence-electron chi connectivity index (χ2n) is 5.63. The molecule has 1 aromatic carbocycles. The Balaban J connectivity index is 1.60. The summed E-state index contributed by atoms with van der Waals surface area (Å²) in [5.41, 5.74) is 0.992. The summed E-state index contributed by atoms with van der Waals surface area (Å²) in [4.78, 5) is 22.5. The van der Waals surface area contributed by atoms with Crippen molar-refractivity contribution >= 4 is 11.9 Å². The second kappa shape index (κ2) is 5.65. The van der Waals surface area contributed by atoms with Crippen molar-refractivity contribution < 1.29 is 19.1 Å². The SMILES string of the molecule is O=C1CC(c2ccc(OCC3CCC3)cc2)CC(=O)O1. The van der Waals surface area contributed by atoms with Crippen LogP contribution < -0.4 is 4.74 Å². The van der Waals surface area contributed by atoms with Crippen molar-refractivity contribution in [3.63, 3.8) is 0 Å². The van der Waals surface area contributed by atoms with Crippen LogP contribution in [-0.2, 0) is 14.3 Å². The molecule has 1 aliphatic carbocycles. The van der Waals surface area contributed by atoms with E-state index in [0.717, 1.165) is 17.9 Å². The maximum absolute atomic E-state index is 11.3. The quantitative estimate of drug-likeness (QED) is 0.626. The predicted octanol–water partition coefficient (Wildman–Crippen LogP) is 2.81. The third-order valence-electron chi connectivity index (χ3n) is 4.12. The molecule has 4 nitrogen and oxygen atoms in total. The van der Waals surface area contributed by atoms with Crippen LogP contribution in [0.5, 0.6) is 5.75 Å². The summed E-state index contributed by atoms with van der Waals surface area (Å²) in [5, 5.41) is 0. The Hall–Kier alpha value is -1.84. The van der Waals surface area contributed by atoms with Gasteiger partial charge in [0.05, 0.1) is 19.4 Å². The molecule has 0 N–H and O–H groups in total. The number of esters is 2. The van der Waals surface area contributed by atoms with Crippen LogP contribution in [0.3, 0.4) is 0 Å². The highest BCUT2D eigenvalue weighted by Gasteiger charge is 2.28. The molecule has 1 aromatic rings. The Morgan fingerprint density at radius 1 is 1.05 bits per heavy atom. The zero-order valence-electron chi connectivity index (χ0n) is 11.3. The number of benzene rings is 1. The molecule has 2 fully saturated rings. The van der Waals surface area contributed by atoms with Crippen LogP contribution in [0, 0.1) is 5.92 Å². The van der Waals surface area contributed by atoms with Crippen molar-refractivity contribution in [3.8, 4) is 5.75 Å². The average Bonchev–Trinajstić information content (AvgIpc) is 2.36. The lowest BCUT2D eigenvalue weighted by molar-refractivity contribution is -0.163. The van der Waals surface area contributed by atoms with Crippen LogP contribution >= 0.6 is 0 Å². The van der Waals surface area contributed by atoms with Gasteiger partial charge in [-0.1, -0.05) is 18.6 Å². The molecule has 2 aliphatic rings. The van der Waals surface area contributed by atoms with Gasteiger partial charge in [-0.25, -0.2) is 0 Å². The number of cyclic esters (lactones) is 2. The van der Waals surface area contributed by atoms with Crippen molar-refractivity contribution in [2.45, 2.75) is 38.0 Å². The first-order valence-electron chi connectivity index (χ1n) is 7.17. The molecule has 0 atom stereocenters. The first-order valence-corrected chi connectivity index (χ1v) is 7.17. The Kier molecular flexibility index (Phi) is 3.72. The van der Waals surface area contributed by atoms with E-state index in [1.807, 2.05) is 24.3 Å². The van der Waals surface area contributed by atoms with E-state index >= 15 is 0 Å². The molecule has 0 spiro atoms. The van der Waals surface area contributed by atoms with E-state index in [1.165, 1.54) is 19.3 Å².